The zero-order chi connectivity index (χ0) is 27.0. The first kappa shape index (κ1) is 29.2. The lowest BCUT2D eigenvalue weighted by molar-refractivity contribution is -0.280. The van der Waals surface area contributed by atoms with Gasteiger partial charge in [0.15, 0.2) is 18.5 Å². The van der Waals surface area contributed by atoms with E-state index in [0.29, 0.717) is 6.42 Å². The predicted molar refractivity (Wildman–Crippen MR) is 126 cm³/mol. The van der Waals surface area contributed by atoms with Gasteiger partial charge in [-0.05, 0) is 39.3 Å². The first-order valence-electron chi connectivity index (χ1n) is 11.2. The molecule has 200 valence electrons. The summed E-state index contributed by atoms with van der Waals surface area (Å²) in [6, 6.07) is 5.99. The van der Waals surface area contributed by atoms with Gasteiger partial charge < -0.3 is 23.7 Å². The van der Waals surface area contributed by atoms with Crippen molar-refractivity contribution in [2.75, 3.05) is 6.61 Å². The number of carbonyl (C=O) groups is 3. The van der Waals surface area contributed by atoms with E-state index >= 15 is 0 Å². The van der Waals surface area contributed by atoms with Crippen LogP contribution in [0.2, 0.25) is 0 Å². The molecule has 1 aromatic rings. The molecule has 1 aliphatic heterocycles. The van der Waals surface area contributed by atoms with Crippen LogP contribution in [0.4, 0.5) is 0 Å². The van der Waals surface area contributed by atoms with E-state index in [4.69, 9.17) is 23.7 Å². The molecule has 0 spiro atoms. The molecule has 0 saturated carbocycles. The molecule has 1 fully saturated rings. The Morgan fingerprint density at radius 2 is 1.56 bits per heavy atom. The highest BCUT2D eigenvalue weighted by Gasteiger charge is 2.43. The fraction of sp³-hybridized carbons (Fsp3) is 0.565. The predicted octanol–water partition coefficient (Wildman–Crippen LogP) is 1.60. The van der Waals surface area contributed by atoms with Gasteiger partial charge in [0.05, 0.1) is 17.1 Å². The van der Waals surface area contributed by atoms with E-state index in [0.717, 1.165) is 26.3 Å². The number of hydrogen-bond acceptors (Lipinski definition) is 11. The molecule has 2 rings (SSSR count). The second-order valence-electron chi connectivity index (χ2n) is 8.39. The Morgan fingerprint density at radius 1 is 1.00 bits per heavy atom. The van der Waals surface area contributed by atoms with E-state index in [1.54, 1.807) is 32.9 Å². The van der Waals surface area contributed by atoms with Gasteiger partial charge in [-0.3, -0.25) is 14.4 Å². The number of nitrogens with one attached hydrogen (secondary N) is 1. The number of hydrazone groups is 1. The van der Waals surface area contributed by atoms with Crippen LogP contribution in [0.3, 0.4) is 0 Å². The van der Waals surface area contributed by atoms with Gasteiger partial charge in [0.2, 0.25) is 0 Å². The number of nitrogens with zero attached hydrogens (tertiary/aromatic N) is 1. The van der Waals surface area contributed by atoms with Crippen LogP contribution < -0.4 is 4.83 Å². The van der Waals surface area contributed by atoms with Gasteiger partial charge in [-0.25, -0.2) is 0 Å². The lowest BCUT2D eigenvalue weighted by Gasteiger charge is -2.38. The van der Waals surface area contributed by atoms with Crippen LogP contribution in [-0.2, 0) is 48.1 Å². The molecule has 1 aliphatic rings. The third-order valence-corrected chi connectivity index (χ3v) is 6.18. The molecule has 4 atom stereocenters. The Balaban J connectivity index is 2.51. The van der Waals surface area contributed by atoms with Crippen molar-refractivity contribution in [1.82, 2.24) is 4.83 Å². The quantitative estimate of drug-likeness (QED) is 0.205. The van der Waals surface area contributed by atoms with Crippen molar-refractivity contribution in [1.29, 1.82) is 0 Å². The maximum Gasteiger partial charge on any atom is 0.303 e. The van der Waals surface area contributed by atoms with Crippen molar-refractivity contribution in [3.05, 3.63) is 29.8 Å². The Bertz CT molecular complexity index is 1060. The second kappa shape index (κ2) is 12.8. The second-order valence-corrected chi connectivity index (χ2v) is 10.1. The summed E-state index contributed by atoms with van der Waals surface area (Å²) < 4.78 is 53.0. The highest BCUT2D eigenvalue weighted by molar-refractivity contribution is 7.89. The summed E-state index contributed by atoms with van der Waals surface area (Å²) in [5, 5.41) is 3.90. The highest BCUT2D eigenvalue weighted by atomic mass is 32.2. The number of sulfonamides is 1. The largest absolute Gasteiger partial charge is 0.459 e. The number of carbonyl (C=O) groups excluding carboxylic acids is 3. The van der Waals surface area contributed by atoms with Gasteiger partial charge in [-0.2, -0.15) is 18.4 Å². The van der Waals surface area contributed by atoms with Gasteiger partial charge in [-0.15, -0.1) is 0 Å². The zero-order valence-electron chi connectivity index (χ0n) is 21.0. The molecule has 2 unspecified atom stereocenters. The van der Waals surface area contributed by atoms with Crippen molar-refractivity contribution in [3.63, 3.8) is 0 Å². The van der Waals surface area contributed by atoms with Crippen molar-refractivity contribution < 1.29 is 46.5 Å². The van der Waals surface area contributed by atoms with E-state index < -0.39 is 53.0 Å². The Hall–Kier alpha value is -3.03. The standard InChI is InChI=1S/C23H32N2O10S/c1-13-7-9-19(10-8-13)36(29,30)25-24-20(12-31-16(4)26)21(34-17(5)27)22(35-18(6)28)23-32-14(2)11-15(3)33-23/h7-10,14-15,21-23,25H,11-12H2,1-6H3/b24-20+/t14?,15?,21-,22-,23?/m1/s1. The maximum atomic E-state index is 12.8. The Morgan fingerprint density at radius 3 is 2.06 bits per heavy atom. The molecule has 12 nitrogen and oxygen atoms in total. The minimum atomic E-state index is -4.15. The van der Waals surface area contributed by atoms with Gasteiger partial charge >= 0.3 is 17.9 Å². The molecular weight excluding hydrogens is 496 g/mol. The number of rotatable bonds is 10. The van der Waals surface area contributed by atoms with Crippen LogP contribution in [0.5, 0.6) is 0 Å². The van der Waals surface area contributed by atoms with Gasteiger partial charge in [0, 0.05) is 20.8 Å². The van der Waals surface area contributed by atoms with Crippen LogP contribution >= 0.6 is 0 Å². The summed E-state index contributed by atoms with van der Waals surface area (Å²) in [4.78, 5) is 37.5. The molecule has 0 radical (unpaired) electrons. The van der Waals surface area contributed by atoms with E-state index in [1.165, 1.54) is 12.1 Å². The average molecular weight is 529 g/mol. The van der Waals surface area contributed by atoms with Crippen LogP contribution in [0.15, 0.2) is 34.3 Å². The van der Waals surface area contributed by atoms with E-state index in [9.17, 15) is 22.8 Å². The molecule has 1 heterocycles. The summed E-state index contributed by atoms with van der Waals surface area (Å²) in [6.45, 7) is 8.17. The van der Waals surface area contributed by atoms with E-state index in [1.807, 2.05) is 0 Å². The lowest BCUT2D eigenvalue weighted by atomic mass is 10.1. The topological polar surface area (TPSA) is 156 Å². The molecular formula is C23H32N2O10S. The van der Waals surface area contributed by atoms with Gasteiger partial charge in [-0.1, -0.05) is 17.7 Å². The van der Waals surface area contributed by atoms with Crippen molar-refractivity contribution in [3.8, 4) is 0 Å². The SMILES string of the molecule is CC(=O)OC/C(=N\NS(=O)(=O)c1ccc(C)cc1)[C@@H](OC(C)=O)[C@@H](OC(C)=O)C1OC(C)CC(C)O1. The molecule has 13 heteroatoms. The summed E-state index contributed by atoms with van der Waals surface area (Å²) in [6.07, 6.45) is -4.11. The first-order valence-corrected chi connectivity index (χ1v) is 12.7. The van der Waals surface area contributed by atoms with Crippen LogP contribution in [-0.4, -0.2) is 69.4 Å². The summed E-state index contributed by atoms with van der Waals surface area (Å²) >= 11 is 0. The van der Waals surface area contributed by atoms with Gasteiger partial charge in [0.25, 0.3) is 10.0 Å². The minimum absolute atomic E-state index is 0.0779. The van der Waals surface area contributed by atoms with Crippen LogP contribution in [0.1, 0.15) is 46.6 Å². The molecule has 1 saturated heterocycles. The van der Waals surface area contributed by atoms with Crippen molar-refractivity contribution in [2.45, 2.75) is 83.6 Å². The third kappa shape index (κ3) is 8.88. The first-order chi connectivity index (χ1) is 16.8. The monoisotopic (exact) mass is 528 g/mol. The molecule has 1 N–H and O–H groups in total. The molecule has 36 heavy (non-hydrogen) atoms. The Kier molecular flexibility index (Phi) is 10.4. The smallest absolute Gasteiger partial charge is 0.303 e. The van der Waals surface area contributed by atoms with Crippen molar-refractivity contribution >= 4 is 33.6 Å². The zero-order valence-corrected chi connectivity index (χ0v) is 21.9. The summed E-state index contributed by atoms with van der Waals surface area (Å²) in [5.74, 6) is -2.25. The normalized spacial score (nSPS) is 22.2. The maximum absolute atomic E-state index is 12.8. The molecule has 0 amide bonds. The van der Waals surface area contributed by atoms with Crippen LogP contribution in [0.25, 0.3) is 0 Å². The van der Waals surface area contributed by atoms with E-state index in [-0.39, 0.29) is 22.8 Å². The van der Waals surface area contributed by atoms with Gasteiger partial charge in [0.1, 0.15) is 12.3 Å². The average Bonchev–Trinajstić information content (AvgIpc) is 2.75. The minimum Gasteiger partial charge on any atom is -0.459 e. The van der Waals surface area contributed by atoms with E-state index in [2.05, 4.69) is 9.93 Å². The molecule has 1 aromatic carbocycles. The summed E-state index contributed by atoms with van der Waals surface area (Å²) in [5.41, 5.74) is 0.587. The lowest BCUT2D eigenvalue weighted by Crippen LogP contribution is -2.54. The number of aryl methyl sites for hydroxylation is 1. The highest BCUT2D eigenvalue weighted by Crippen LogP contribution is 2.25. The fourth-order valence-electron chi connectivity index (χ4n) is 3.42. The fourth-order valence-corrected chi connectivity index (χ4v) is 4.26. The van der Waals surface area contributed by atoms with Crippen molar-refractivity contribution in [2.24, 2.45) is 5.10 Å². The molecule has 0 aromatic heterocycles. The number of benzene rings is 1. The number of hydrogen-bond donors (Lipinski definition) is 1. The summed E-state index contributed by atoms with van der Waals surface area (Å²) in [7, 11) is -4.15. The number of ether oxygens (including phenoxy) is 5. The molecule has 0 aliphatic carbocycles. The molecule has 0 bridgehead atoms. The Labute approximate surface area is 210 Å². The number of esters is 3. The third-order valence-electron chi connectivity index (χ3n) is 4.95. The van der Waals surface area contributed by atoms with Crippen LogP contribution in [0, 0.1) is 6.92 Å².